The van der Waals surface area contributed by atoms with Crippen molar-refractivity contribution in [3.05, 3.63) is 105 Å². The van der Waals surface area contributed by atoms with Gasteiger partial charge in [0, 0.05) is 39.0 Å². The summed E-state index contributed by atoms with van der Waals surface area (Å²) in [6.45, 7) is 2.98. The van der Waals surface area contributed by atoms with Crippen LogP contribution in [0.15, 0.2) is 71.7 Å². The van der Waals surface area contributed by atoms with Crippen LogP contribution in [0.25, 0.3) is 12.2 Å². The molecule has 0 aliphatic heterocycles. The van der Waals surface area contributed by atoms with Crippen molar-refractivity contribution in [2.24, 2.45) is 0 Å². The van der Waals surface area contributed by atoms with Crippen molar-refractivity contribution in [1.82, 2.24) is 9.88 Å². The highest BCUT2D eigenvalue weighted by Crippen LogP contribution is 2.09. The summed E-state index contributed by atoms with van der Waals surface area (Å²) in [7, 11) is 1.69. The fraction of sp³-hybridized carbons (Fsp3) is 0.240. The Morgan fingerprint density at radius 1 is 0.967 bits per heavy atom. The van der Waals surface area contributed by atoms with Crippen LogP contribution in [0.2, 0.25) is 0 Å². The first-order valence-electron chi connectivity index (χ1n) is 10.1. The van der Waals surface area contributed by atoms with E-state index in [2.05, 4.69) is 29.6 Å². The van der Waals surface area contributed by atoms with Gasteiger partial charge in [-0.05, 0) is 46.9 Å². The zero-order chi connectivity index (χ0) is 21.2. The number of aryl methyl sites for hydroxylation is 2. The molecule has 0 atom stereocenters. The molecule has 156 valence electrons. The summed E-state index contributed by atoms with van der Waals surface area (Å²) in [5, 5.41) is 3.32. The molecule has 0 radical (unpaired) electrons. The highest BCUT2D eigenvalue weighted by molar-refractivity contribution is 5.69. The second kappa shape index (κ2) is 11.2. The summed E-state index contributed by atoms with van der Waals surface area (Å²) in [5.74, 6) is -0.261. The molecular weight excluding hydrogens is 379 g/mol. The molecule has 1 aromatic heterocycles. The average molecular weight is 407 g/mol. The van der Waals surface area contributed by atoms with E-state index in [4.69, 9.17) is 4.74 Å². The van der Waals surface area contributed by atoms with Crippen molar-refractivity contribution < 1.29 is 9.13 Å². The fourth-order valence-electron chi connectivity index (χ4n) is 3.06. The molecule has 0 spiro atoms. The molecule has 5 heteroatoms. The maximum absolute atomic E-state index is 13.0. The Balaban J connectivity index is 1.53. The molecule has 0 unspecified atom stereocenters. The quantitative estimate of drug-likeness (QED) is 0.515. The van der Waals surface area contributed by atoms with E-state index in [0.717, 1.165) is 30.6 Å². The molecule has 1 heterocycles. The molecule has 0 saturated heterocycles. The molecule has 3 rings (SSSR count). The predicted molar refractivity (Wildman–Crippen MR) is 120 cm³/mol. The normalized spacial score (nSPS) is 11.3. The van der Waals surface area contributed by atoms with E-state index in [1.54, 1.807) is 29.9 Å². The summed E-state index contributed by atoms with van der Waals surface area (Å²) in [4.78, 5) is 12.4. The van der Waals surface area contributed by atoms with E-state index >= 15 is 0 Å². The third kappa shape index (κ3) is 6.79. The standard InChI is InChI=1S/C25H27FN2O2/c1-30-17-14-27-19-23-6-3-21(4-7-23)12-15-28-16-13-22(18-25(28)29)5-2-20-8-10-24(26)11-9-20/h2-11,13,16,18,27H,12,14-15,17,19H2,1H3. The summed E-state index contributed by atoms with van der Waals surface area (Å²) in [5.41, 5.74) is 4.10. The van der Waals surface area contributed by atoms with Gasteiger partial charge in [0.2, 0.25) is 0 Å². The Morgan fingerprint density at radius 2 is 1.67 bits per heavy atom. The van der Waals surface area contributed by atoms with Crippen LogP contribution in [0, 0.1) is 5.82 Å². The minimum atomic E-state index is -0.261. The molecule has 30 heavy (non-hydrogen) atoms. The van der Waals surface area contributed by atoms with Gasteiger partial charge in [-0.1, -0.05) is 48.6 Å². The van der Waals surface area contributed by atoms with Crippen molar-refractivity contribution in [3.8, 4) is 0 Å². The predicted octanol–water partition coefficient (Wildman–Crippen LogP) is 4.14. The van der Waals surface area contributed by atoms with Crippen molar-refractivity contribution in [3.63, 3.8) is 0 Å². The Bertz CT molecular complexity index is 1010. The summed E-state index contributed by atoms with van der Waals surface area (Å²) < 4.78 is 19.7. The minimum Gasteiger partial charge on any atom is -0.383 e. The van der Waals surface area contributed by atoms with Crippen molar-refractivity contribution in [2.45, 2.75) is 19.5 Å². The van der Waals surface area contributed by atoms with Crippen LogP contribution in [-0.2, 0) is 24.2 Å². The van der Waals surface area contributed by atoms with Gasteiger partial charge in [0.1, 0.15) is 5.82 Å². The molecule has 3 aromatic rings. The Morgan fingerprint density at radius 3 is 2.37 bits per heavy atom. The van der Waals surface area contributed by atoms with E-state index in [1.807, 2.05) is 24.4 Å². The molecule has 2 aromatic carbocycles. The number of methoxy groups -OCH3 is 1. The van der Waals surface area contributed by atoms with Gasteiger partial charge in [-0.15, -0.1) is 0 Å². The van der Waals surface area contributed by atoms with Gasteiger partial charge in [0.05, 0.1) is 6.61 Å². The third-order valence-corrected chi connectivity index (χ3v) is 4.83. The Hall–Kier alpha value is -3.02. The lowest BCUT2D eigenvalue weighted by Crippen LogP contribution is -2.20. The second-order valence-electron chi connectivity index (χ2n) is 7.11. The molecule has 4 nitrogen and oxygen atoms in total. The Kier molecular flexibility index (Phi) is 8.12. The monoisotopic (exact) mass is 406 g/mol. The van der Waals surface area contributed by atoms with Crippen LogP contribution in [0.3, 0.4) is 0 Å². The molecule has 0 bridgehead atoms. The van der Waals surface area contributed by atoms with Crippen molar-refractivity contribution >= 4 is 12.2 Å². The van der Waals surface area contributed by atoms with Gasteiger partial charge in [0.25, 0.3) is 5.56 Å². The van der Waals surface area contributed by atoms with Gasteiger partial charge < -0.3 is 14.6 Å². The molecule has 1 N–H and O–H groups in total. The molecule has 0 amide bonds. The Labute approximate surface area is 176 Å². The number of nitrogens with one attached hydrogen (secondary N) is 1. The number of aromatic nitrogens is 1. The number of rotatable bonds is 10. The first-order valence-corrected chi connectivity index (χ1v) is 10.1. The zero-order valence-electron chi connectivity index (χ0n) is 17.2. The maximum atomic E-state index is 13.0. The fourth-order valence-corrected chi connectivity index (χ4v) is 3.06. The lowest BCUT2D eigenvalue weighted by molar-refractivity contribution is 0.199. The number of hydrogen-bond donors (Lipinski definition) is 1. The molecule has 0 saturated carbocycles. The van der Waals surface area contributed by atoms with Crippen LogP contribution in [0.1, 0.15) is 22.3 Å². The van der Waals surface area contributed by atoms with Gasteiger partial charge in [-0.3, -0.25) is 4.79 Å². The van der Waals surface area contributed by atoms with Crippen molar-refractivity contribution in [1.29, 1.82) is 0 Å². The minimum absolute atomic E-state index is 0.0322. The lowest BCUT2D eigenvalue weighted by atomic mass is 10.1. The number of halogens is 1. The molecule has 0 aliphatic carbocycles. The van der Waals surface area contributed by atoms with Crippen LogP contribution in [0.4, 0.5) is 4.39 Å². The number of benzene rings is 2. The molecular formula is C25H27FN2O2. The maximum Gasteiger partial charge on any atom is 0.251 e. The first-order chi connectivity index (χ1) is 14.6. The number of ether oxygens (including phenoxy) is 1. The number of nitrogens with zero attached hydrogens (tertiary/aromatic N) is 1. The van der Waals surface area contributed by atoms with E-state index in [9.17, 15) is 9.18 Å². The zero-order valence-corrected chi connectivity index (χ0v) is 17.2. The van der Waals surface area contributed by atoms with Crippen LogP contribution in [-0.4, -0.2) is 24.8 Å². The highest BCUT2D eigenvalue weighted by Gasteiger charge is 2.00. The lowest BCUT2D eigenvalue weighted by Gasteiger charge is -2.08. The summed E-state index contributed by atoms with van der Waals surface area (Å²) in [6.07, 6.45) is 6.34. The third-order valence-electron chi connectivity index (χ3n) is 4.83. The van der Waals surface area contributed by atoms with Gasteiger partial charge in [0.15, 0.2) is 0 Å². The molecule has 0 aliphatic rings. The topological polar surface area (TPSA) is 43.3 Å². The van der Waals surface area contributed by atoms with Crippen LogP contribution >= 0.6 is 0 Å². The van der Waals surface area contributed by atoms with E-state index in [0.29, 0.717) is 13.2 Å². The SMILES string of the molecule is COCCNCc1ccc(CCn2ccc(C=Cc3ccc(F)cc3)cc2=O)cc1. The van der Waals surface area contributed by atoms with Crippen LogP contribution in [0.5, 0.6) is 0 Å². The van der Waals surface area contributed by atoms with Crippen LogP contribution < -0.4 is 10.9 Å². The van der Waals surface area contributed by atoms with Gasteiger partial charge in [-0.25, -0.2) is 4.39 Å². The highest BCUT2D eigenvalue weighted by atomic mass is 19.1. The summed E-state index contributed by atoms with van der Waals surface area (Å²) >= 11 is 0. The number of pyridine rings is 1. The largest absolute Gasteiger partial charge is 0.383 e. The van der Waals surface area contributed by atoms with E-state index in [1.165, 1.54) is 23.3 Å². The summed E-state index contributed by atoms with van der Waals surface area (Å²) in [6, 6.07) is 18.2. The smallest absolute Gasteiger partial charge is 0.251 e. The first kappa shape index (κ1) is 21.7. The van der Waals surface area contributed by atoms with E-state index < -0.39 is 0 Å². The average Bonchev–Trinajstić information content (AvgIpc) is 2.76. The van der Waals surface area contributed by atoms with Gasteiger partial charge in [-0.2, -0.15) is 0 Å². The van der Waals surface area contributed by atoms with Crippen molar-refractivity contribution in [2.75, 3.05) is 20.3 Å². The number of hydrogen-bond acceptors (Lipinski definition) is 3. The second-order valence-corrected chi connectivity index (χ2v) is 7.11. The molecule has 0 fully saturated rings. The van der Waals surface area contributed by atoms with Gasteiger partial charge >= 0.3 is 0 Å². The van der Waals surface area contributed by atoms with E-state index in [-0.39, 0.29) is 11.4 Å².